The van der Waals surface area contributed by atoms with Gasteiger partial charge in [-0.3, -0.25) is 4.79 Å². The molecule has 0 aromatic heterocycles. The van der Waals surface area contributed by atoms with Crippen LogP contribution in [0.3, 0.4) is 0 Å². The third-order valence-corrected chi connectivity index (χ3v) is 3.69. The highest BCUT2D eigenvalue weighted by molar-refractivity contribution is 5.99. The summed E-state index contributed by atoms with van der Waals surface area (Å²) in [7, 11) is 0. The minimum absolute atomic E-state index is 0.444. The van der Waals surface area contributed by atoms with Crippen molar-refractivity contribution in [3.63, 3.8) is 0 Å². The molecule has 0 spiro atoms. The number of rotatable bonds is 3. The van der Waals surface area contributed by atoms with Gasteiger partial charge in [0.15, 0.2) is 0 Å². The lowest BCUT2D eigenvalue weighted by Gasteiger charge is -2.12. The average molecular weight is 267 g/mol. The SMILES string of the molecule is NC(=O)c1ccc(N)cc1Nc1ccc2c(c1)CCC2. The molecule has 0 bridgehead atoms. The number of benzene rings is 2. The summed E-state index contributed by atoms with van der Waals surface area (Å²) < 4.78 is 0. The highest BCUT2D eigenvalue weighted by Gasteiger charge is 2.12. The van der Waals surface area contributed by atoms with E-state index in [2.05, 4.69) is 17.4 Å². The maximum atomic E-state index is 11.5. The van der Waals surface area contributed by atoms with E-state index in [1.807, 2.05) is 6.07 Å². The first kappa shape index (κ1) is 12.5. The number of nitrogen functional groups attached to an aromatic ring is 1. The molecule has 2 aromatic rings. The van der Waals surface area contributed by atoms with Crippen LogP contribution in [0.4, 0.5) is 17.1 Å². The third kappa shape index (κ3) is 2.32. The third-order valence-electron chi connectivity index (χ3n) is 3.69. The second-order valence-electron chi connectivity index (χ2n) is 5.13. The Hall–Kier alpha value is -2.49. The molecule has 0 fully saturated rings. The Morgan fingerprint density at radius 3 is 2.65 bits per heavy atom. The summed E-state index contributed by atoms with van der Waals surface area (Å²) in [6.07, 6.45) is 3.48. The number of carbonyl (C=O) groups is 1. The van der Waals surface area contributed by atoms with E-state index in [1.165, 1.54) is 17.5 Å². The summed E-state index contributed by atoms with van der Waals surface area (Å²) in [6.45, 7) is 0. The number of carbonyl (C=O) groups excluding carboxylic acids is 1. The highest BCUT2D eigenvalue weighted by Crippen LogP contribution is 2.28. The lowest BCUT2D eigenvalue weighted by molar-refractivity contribution is 0.100. The topological polar surface area (TPSA) is 81.1 Å². The molecule has 0 saturated carbocycles. The van der Waals surface area contributed by atoms with E-state index < -0.39 is 5.91 Å². The summed E-state index contributed by atoms with van der Waals surface area (Å²) >= 11 is 0. The fraction of sp³-hybridized carbons (Fsp3) is 0.188. The zero-order valence-electron chi connectivity index (χ0n) is 11.1. The number of nitrogens with one attached hydrogen (secondary N) is 1. The van der Waals surface area contributed by atoms with Gasteiger partial charge < -0.3 is 16.8 Å². The number of amides is 1. The molecule has 3 rings (SSSR count). The van der Waals surface area contributed by atoms with Crippen LogP contribution in [0.1, 0.15) is 27.9 Å². The summed E-state index contributed by atoms with van der Waals surface area (Å²) in [5.74, 6) is -0.464. The molecule has 1 amide bonds. The van der Waals surface area contributed by atoms with Crippen LogP contribution < -0.4 is 16.8 Å². The second-order valence-corrected chi connectivity index (χ2v) is 5.13. The van der Waals surface area contributed by atoms with E-state index in [9.17, 15) is 4.79 Å². The first-order valence-corrected chi connectivity index (χ1v) is 6.71. The molecule has 0 aliphatic heterocycles. The highest BCUT2D eigenvalue weighted by atomic mass is 16.1. The molecule has 0 radical (unpaired) electrons. The van der Waals surface area contributed by atoms with Crippen LogP contribution in [-0.2, 0) is 12.8 Å². The van der Waals surface area contributed by atoms with Crippen molar-refractivity contribution in [1.29, 1.82) is 0 Å². The maximum absolute atomic E-state index is 11.5. The van der Waals surface area contributed by atoms with Gasteiger partial charge in [0.25, 0.3) is 5.91 Å². The van der Waals surface area contributed by atoms with Gasteiger partial charge in [0.05, 0.1) is 11.3 Å². The standard InChI is InChI=1S/C16H17N3O/c17-12-5-7-14(16(18)20)15(9-12)19-13-6-4-10-2-1-3-11(10)8-13/h4-9,19H,1-3,17H2,(H2,18,20). The van der Waals surface area contributed by atoms with Gasteiger partial charge in [-0.2, -0.15) is 0 Å². The van der Waals surface area contributed by atoms with Gasteiger partial charge in [0.2, 0.25) is 0 Å². The molecule has 1 aliphatic carbocycles. The van der Waals surface area contributed by atoms with E-state index in [0.717, 1.165) is 18.5 Å². The fourth-order valence-corrected chi connectivity index (χ4v) is 2.69. The predicted molar refractivity (Wildman–Crippen MR) is 81.1 cm³/mol. The molecule has 5 N–H and O–H groups in total. The van der Waals surface area contributed by atoms with E-state index in [0.29, 0.717) is 16.9 Å². The molecule has 4 heteroatoms. The van der Waals surface area contributed by atoms with Gasteiger partial charge in [0.1, 0.15) is 0 Å². The van der Waals surface area contributed by atoms with Crippen molar-refractivity contribution in [2.45, 2.75) is 19.3 Å². The average Bonchev–Trinajstić information content (AvgIpc) is 2.85. The molecular weight excluding hydrogens is 250 g/mol. The molecular formula is C16H17N3O. The van der Waals surface area contributed by atoms with Gasteiger partial charge in [-0.15, -0.1) is 0 Å². The van der Waals surface area contributed by atoms with Gasteiger partial charge in [-0.05, 0) is 60.7 Å². The summed E-state index contributed by atoms with van der Waals surface area (Å²) in [6, 6.07) is 11.4. The van der Waals surface area contributed by atoms with Crippen molar-refractivity contribution in [2.75, 3.05) is 11.1 Å². The Labute approximate surface area is 117 Å². The van der Waals surface area contributed by atoms with Crippen molar-refractivity contribution in [1.82, 2.24) is 0 Å². The normalized spacial score (nSPS) is 13.0. The number of aryl methyl sites for hydroxylation is 2. The molecule has 0 heterocycles. The Bertz CT molecular complexity index is 679. The van der Waals surface area contributed by atoms with Crippen LogP contribution in [0.5, 0.6) is 0 Å². The Balaban J connectivity index is 1.95. The molecule has 20 heavy (non-hydrogen) atoms. The largest absolute Gasteiger partial charge is 0.399 e. The van der Waals surface area contributed by atoms with Crippen LogP contribution >= 0.6 is 0 Å². The van der Waals surface area contributed by atoms with E-state index >= 15 is 0 Å². The summed E-state index contributed by atoms with van der Waals surface area (Å²) in [5, 5.41) is 3.24. The number of hydrogen-bond donors (Lipinski definition) is 3. The van der Waals surface area contributed by atoms with Crippen molar-refractivity contribution < 1.29 is 4.79 Å². The minimum Gasteiger partial charge on any atom is -0.399 e. The van der Waals surface area contributed by atoms with Crippen LogP contribution in [0, 0.1) is 0 Å². The molecule has 4 nitrogen and oxygen atoms in total. The number of primary amides is 1. The van der Waals surface area contributed by atoms with E-state index in [1.54, 1.807) is 18.2 Å². The van der Waals surface area contributed by atoms with Gasteiger partial charge in [-0.25, -0.2) is 0 Å². The monoisotopic (exact) mass is 267 g/mol. The lowest BCUT2D eigenvalue weighted by Crippen LogP contribution is -2.13. The lowest BCUT2D eigenvalue weighted by atomic mass is 10.1. The Morgan fingerprint density at radius 2 is 1.85 bits per heavy atom. The zero-order chi connectivity index (χ0) is 14.1. The summed E-state index contributed by atoms with van der Waals surface area (Å²) in [4.78, 5) is 11.5. The first-order valence-electron chi connectivity index (χ1n) is 6.71. The molecule has 2 aromatic carbocycles. The Kier molecular flexibility index (Phi) is 3.06. The van der Waals surface area contributed by atoms with Crippen LogP contribution in [0.25, 0.3) is 0 Å². The minimum atomic E-state index is -0.464. The smallest absolute Gasteiger partial charge is 0.250 e. The molecule has 0 saturated heterocycles. The van der Waals surface area contributed by atoms with Gasteiger partial charge >= 0.3 is 0 Å². The quantitative estimate of drug-likeness (QED) is 0.748. The first-order chi connectivity index (χ1) is 9.63. The van der Waals surface area contributed by atoms with Crippen LogP contribution in [-0.4, -0.2) is 5.91 Å². The van der Waals surface area contributed by atoms with Gasteiger partial charge in [0, 0.05) is 11.4 Å². The number of fused-ring (bicyclic) bond motifs is 1. The fourth-order valence-electron chi connectivity index (χ4n) is 2.69. The maximum Gasteiger partial charge on any atom is 0.250 e. The van der Waals surface area contributed by atoms with Gasteiger partial charge in [-0.1, -0.05) is 6.07 Å². The van der Waals surface area contributed by atoms with Crippen molar-refractivity contribution in [2.24, 2.45) is 5.73 Å². The van der Waals surface area contributed by atoms with E-state index in [-0.39, 0.29) is 0 Å². The molecule has 0 unspecified atom stereocenters. The van der Waals surface area contributed by atoms with Crippen LogP contribution in [0.2, 0.25) is 0 Å². The number of anilines is 3. The number of nitrogens with two attached hydrogens (primary N) is 2. The molecule has 0 atom stereocenters. The van der Waals surface area contributed by atoms with Crippen molar-refractivity contribution in [3.8, 4) is 0 Å². The molecule has 1 aliphatic rings. The van der Waals surface area contributed by atoms with Crippen LogP contribution in [0.15, 0.2) is 36.4 Å². The van der Waals surface area contributed by atoms with Crippen molar-refractivity contribution in [3.05, 3.63) is 53.1 Å². The Morgan fingerprint density at radius 1 is 1.05 bits per heavy atom. The molecule has 102 valence electrons. The van der Waals surface area contributed by atoms with E-state index in [4.69, 9.17) is 11.5 Å². The summed E-state index contributed by atoms with van der Waals surface area (Å²) in [5.41, 5.74) is 16.6. The second kappa shape index (κ2) is 4.89. The predicted octanol–water partition coefficient (Wildman–Crippen LogP) is 2.60. The van der Waals surface area contributed by atoms with Crippen molar-refractivity contribution >= 4 is 23.0 Å². The zero-order valence-corrected chi connectivity index (χ0v) is 11.1. The number of hydrogen-bond acceptors (Lipinski definition) is 3.